The van der Waals surface area contributed by atoms with Crippen LogP contribution in [-0.2, 0) is 6.42 Å². The Hall–Kier alpha value is -1.02. The van der Waals surface area contributed by atoms with E-state index in [0.717, 1.165) is 0 Å². The first kappa shape index (κ1) is 11.1. The van der Waals surface area contributed by atoms with Gasteiger partial charge in [0.15, 0.2) is 0 Å². The minimum atomic E-state index is 0.709. The van der Waals surface area contributed by atoms with Crippen LogP contribution in [0.25, 0.3) is 0 Å². The molecule has 2 heteroatoms. The lowest BCUT2D eigenvalue weighted by Gasteiger charge is -2.28. The molecule has 2 heterocycles. The maximum atomic E-state index is 3.61. The van der Waals surface area contributed by atoms with Gasteiger partial charge in [-0.1, -0.05) is 18.2 Å². The number of hydrogen-bond donors (Lipinski definition) is 1. The number of fused-ring (bicyclic) bond motifs is 1. The highest BCUT2D eigenvalue weighted by Gasteiger charge is 2.20. The number of hydrogen-bond acceptors (Lipinski definition) is 2. The fourth-order valence-electron chi connectivity index (χ4n) is 3.14. The third-order valence-corrected chi connectivity index (χ3v) is 4.06. The summed E-state index contributed by atoms with van der Waals surface area (Å²) in [7, 11) is 0. The lowest BCUT2D eigenvalue weighted by Crippen LogP contribution is -2.38. The van der Waals surface area contributed by atoms with Gasteiger partial charge < -0.3 is 10.2 Å². The van der Waals surface area contributed by atoms with Crippen LogP contribution in [0.1, 0.15) is 31.2 Å². The molecule has 3 rings (SSSR count). The molecule has 1 atom stereocenters. The molecule has 0 saturated carbocycles. The highest BCUT2D eigenvalue weighted by atomic mass is 15.2. The highest BCUT2D eigenvalue weighted by Crippen LogP contribution is 2.26. The predicted octanol–water partition coefficient (Wildman–Crippen LogP) is 2.58. The number of para-hydroxylation sites is 1. The predicted molar refractivity (Wildman–Crippen MR) is 72.6 cm³/mol. The van der Waals surface area contributed by atoms with E-state index in [1.54, 1.807) is 5.56 Å². The van der Waals surface area contributed by atoms with Crippen molar-refractivity contribution in [1.82, 2.24) is 5.32 Å². The topological polar surface area (TPSA) is 15.3 Å². The zero-order valence-electron chi connectivity index (χ0n) is 10.5. The van der Waals surface area contributed by atoms with E-state index in [0.29, 0.717) is 6.04 Å². The summed E-state index contributed by atoms with van der Waals surface area (Å²) in [5.41, 5.74) is 3.03. The van der Waals surface area contributed by atoms with Gasteiger partial charge >= 0.3 is 0 Å². The van der Waals surface area contributed by atoms with Crippen LogP contribution in [0.5, 0.6) is 0 Å². The Morgan fingerprint density at radius 3 is 3.00 bits per heavy atom. The molecule has 0 radical (unpaired) electrons. The summed E-state index contributed by atoms with van der Waals surface area (Å²) in [4.78, 5) is 2.60. The van der Waals surface area contributed by atoms with Crippen molar-refractivity contribution in [3.8, 4) is 0 Å². The fraction of sp³-hybridized carbons (Fsp3) is 0.600. The van der Waals surface area contributed by atoms with Crippen LogP contribution in [0, 0.1) is 0 Å². The number of nitrogens with zero attached hydrogens (tertiary/aromatic N) is 1. The monoisotopic (exact) mass is 230 g/mol. The van der Waals surface area contributed by atoms with E-state index in [1.165, 1.54) is 57.4 Å². The standard InChI is InChI=1S/C15H22N2/c1-2-9-15-13(6-1)7-3-4-11-17(15)12-14-8-5-10-16-14/h1-2,6,9,14,16H,3-5,7-8,10-12H2/t14-/m0/s1. The van der Waals surface area contributed by atoms with Crippen molar-refractivity contribution < 1.29 is 0 Å². The molecule has 0 bridgehead atoms. The summed E-state index contributed by atoms with van der Waals surface area (Å²) in [6.07, 6.45) is 6.62. The zero-order valence-corrected chi connectivity index (χ0v) is 10.5. The van der Waals surface area contributed by atoms with Crippen LogP contribution in [0.3, 0.4) is 0 Å². The van der Waals surface area contributed by atoms with Crippen molar-refractivity contribution in [2.24, 2.45) is 0 Å². The average Bonchev–Trinajstić information content (AvgIpc) is 2.78. The molecule has 2 nitrogen and oxygen atoms in total. The van der Waals surface area contributed by atoms with Gasteiger partial charge in [0.2, 0.25) is 0 Å². The molecule has 1 fully saturated rings. The van der Waals surface area contributed by atoms with Crippen molar-refractivity contribution in [2.75, 3.05) is 24.5 Å². The van der Waals surface area contributed by atoms with Crippen molar-refractivity contribution in [3.63, 3.8) is 0 Å². The number of nitrogens with one attached hydrogen (secondary N) is 1. The lowest BCUT2D eigenvalue weighted by atomic mass is 10.1. The van der Waals surface area contributed by atoms with Gasteiger partial charge in [-0.2, -0.15) is 0 Å². The summed E-state index contributed by atoms with van der Waals surface area (Å²) >= 11 is 0. The molecule has 2 aliphatic heterocycles. The summed E-state index contributed by atoms with van der Waals surface area (Å²) in [5, 5.41) is 3.61. The molecule has 1 N–H and O–H groups in total. The van der Waals surface area contributed by atoms with E-state index in [2.05, 4.69) is 34.5 Å². The van der Waals surface area contributed by atoms with E-state index in [1.807, 2.05) is 0 Å². The largest absolute Gasteiger partial charge is 0.370 e. The van der Waals surface area contributed by atoms with Crippen LogP contribution >= 0.6 is 0 Å². The van der Waals surface area contributed by atoms with Gasteiger partial charge in [0.25, 0.3) is 0 Å². The van der Waals surface area contributed by atoms with E-state index < -0.39 is 0 Å². The summed E-state index contributed by atoms with van der Waals surface area (Å²) < 4.78 is 0. The van der Waals surface area contributed by atoms with Gasteiger partial charge in [0.05, 0.1) is 0 Å². The SMILES string of the molecule is c1ccc2c(c1)CCCCN2C[C@@H]1CCCN1. The molecular weight excluding hydrogens is 208 g/mol. The van der Waals surface area contributed by atoms with E-state index in [-0.39, 0.29) is 0 Å². The first-order valence-electron chi connectivity index (χ1n) is 7.00. The van der Waals surface area contributed by atoms with Crippen LogP contribution in [0.2, 0.25) is 0 Å². The quantitative estimate of drug-likeness (QED) is 0.840. The van der Waals surface area contributed by atoms with E-state index in [9.17, 15) is 0 Å². The van der Waals surface area contributed by atoms with Gasteiger partial charge in [-0.25, -0.2) is 0 Å². The first-order valence-corrected chi connectivity index (χ1v) is 7.00. The van der Waals surface area contributed by atoms with Crippen LogP contribution < -0.4 is 10.2 Å². The molecule has 0 spiro atoms. The first-order chi connectivity index (χ1) is 8.43. The Morgan fingerprint density at radius 1 is 1.18 bits per heavy atom. The molecule has 0 unspecified atom stereocenters. The third-order valence-electron chi connectivity index (χ3n) is 4.06. The molecule has 0 aromatic heterocycles. The van der Waals surface area contributed by atoms with Crippen LogP contribution in [0.4, 0.5) is 5.69 Å². The van der Waals surface area contributed by atoms with E-state index in [4.69, 9.17) is 0 Å². The molecular formula is C15H22N2. The molecule has 2 aliphatic rings. The highest BCUT2D eigenvalue weighted by molar-refractivity contribution is 5.54. The minimum absolute atomic E-state index is 0.709. The fourth-order valence-corrected chi connectivity index (χ4v) is 3.14. The maximum absolute atomic E-state index is 3.61. The maximum Gasteiger partial charge on any atom is 0.0399 e. The van der Waals surface area contributed by atoms with E-state index >= 15 is 0 Å². The smallest absolute Gasteiger partial charge is 0.0399 e. The Kier molecular flexibility index (Phi) is 3.32. The van der Waals surface area contributed by atoms with Crippen molar-refractivity contribution in [3.05, 3.63) is 29.8 Å². The van der Waals surface area contributed by atoms with Gasteiger partial charge in [-0.15, -0.1) is 0 Å². The van der Waals surface area contributed by atoms with Gasteiger partial charge in [0.1, 0.15) is 0 Å². The normalized spacial score (nSPS) is 24.5. The molecule has 0 amide bonds. The van der Waals surface area contributed by atoms with Gasteiger partial charge in [-0.05, 0) is 50.3 Å². The van der Waals surface area contributed by atoms with Crippen molar-refractivity contribution in [2.45, 2.75) is 38.1 Å². The summed E-state index contributed by atoms with van der Waals surface area (Å²) in [6, 6.07) is 9.67. The zero-order chi connectivity index (χ0) is 11.5. The summed E-state index contributed by atoms with van der Waals surface area (Å²) in [6.45, 7) is 3.63. The molecule has 1 aromatic rings. The number of rotatable bonds is 2. The van der Waals surface area contributed by atoms with Gasteiger partial charge in [0, 0.05) is 24.8 Å². The van der Waals surface area contributed by atoms with Crippen LogP contribution in [-0.4, -0.2) is 25.7 Å². The molecule has 1 saturated heterocycles. The molecule has 92 valence electrons. The Balaban J connectivity index is 1.78. The molecule has 1 aromatic carbocycles. The lowest BCUT2D eigenvalue weighted by molar-refractivity contribution is 0.575. The average molecular weight is 230 g/mol. The second kappa shape index (κ2) is 5.09. The van der Waals surface area contributed by atoms with Crippen LogP contribution in [0.15, 0.2) is 24.3 Å². The Bertz CT molecular complexity index is 369. The van der Waals surface area contributed by atoms with Crippen molar-refractivity contribution >= 4 is 5.69 Å². The number of anilines is 1. The third kappa shape index (κ3) is 2.47. The second-order valence-corrected chi connectivity index (χ2v) is 5.33. The summed E-state index contributed by atoms with van der Waals surface area (Å²) in [5.74, 6) is 0. The second-order valence-electron chi connectivity index (χ2n) is 5.33. The minimum Gasteiger partial charge on any atom is -0.370 e. The van der Waals surface area contributed by atoms with Gasteiger partial charge in [-0.3, -0.25) is 0 Å². The number of aryl methyl sites for hydroxylation is 1. The number of benzene rings is 1. The Labute approximate surface area is 104 Å². The van der Waals surface area contributed by atoms with Crippen molar-refractivity contribution in [1.29, 1.82) is 0 Å². The molecule has 17 heavy (non-hydrogen) atoms. The Morgan fingerprint density at radius 2 is 2.12 bits per heavy atom. The molecule has 0 aliphatic carbocycles.